The van der Waals surface area contributed by atoms with Crippen LogP contribution in [0, 0.1) is 0 Å². The molecule has 0 radical (unpaired) electrons. The summed E-state index contributed by atoms with van der Waals surface area (Å²) in [4.78, 5) is 12.8. The van der Waals surface area contributed by atoms with E-state index in [2.05, 4.69) is 10.0 Å². The predicted octanol–water partition coefficient (Wildman–Crippen LogP) is 2.21. The molecular weight excluding hydrogens is 482 g/mol. The van der Waals surface area contributed by atoms with Gasteiger partial charge >= 0.3 is 0 Å². The minimum Gasteiger partial charge on any atom is -0.496 e. The highest BCUT2D eigenvalue weighted by Gasteiger charge is 2.21. The Morgan fingerprint density at radius 1 is 0.941 bits per heavy atom. The first kappa shape index (κ1) is 27.6. The smallest absolute Gasteiger partial charge is 0.242 e. The maximum absolute atomic E-state index is 12.7. The van der Waals surface area contributed by atoms with Crippen molar-refractivity contribution in [2.24, 2.45) is 0 Å². The van der Waals surface area contributed by atoms with E-state index >= 15 is 0 Å². The Labute approximate surface area is 201 Å². The van der Waals surface area contributed by atoms with Gasteiger partial charge in [-0.05, 0) is 62.2 Å². The van der Waals surface area contributed by atoms with Gasteiger partial charge in [0, 0.05) is 26.6 Å². The molecule has 188 valence electrons. The van der Waals surface area contributed by atoms with Crippen LogP contribution in [0.3, 0.4) is 0 Å². The zero-order chi connectivity index (χ0) is 25.7. The Bertz CT molecular complexity index is 1240. The van der Waals surface area contributed by atoms with Crippen LogP contribution in [0.4, 0.5) is 5.69 Å². The summed E-state index contributed by atoms with van der Waals surface area (Å²) < 4.78 is 64.0. The van der Waals surface area contributed by atoms with Crippen molar-refractivity contribution in [3.63, 3.8) is 0 Å². The van der Waals surface area contributed by atoms with Crippen LogP contribution in [-0.2, 0) is 31.3 Å². The van der Waals surface area contributed by atoms with E-state index in [4.69, 9.17) is 9.47 Å². The quantitative estimate of drug-likeness (QED) is 0.471. The molecule has 12 heteroatoms. The van der Waals surface area contributed by atoms with Crippen LogP contribution in [0.1, 0.15) is 25.8 Å². The van der Waals surface area contributed by atoms with Gasteiger partial charge in [0.2, 0.25) is 26.0 Å². The minimum absolute atomic E-state index is 0.00774. The maximum Gasteiger partial charge on any atom is 0.242 e. The molecule has 2 rings (SSSR count). The normalized spacial score (nSPS) is 12.1. The maximum atomic E-state index is 12.7. The molecule has 34 heavy (non-hydrogen) atoms. The summed E-state index contributed by atoms with van der Waals surface area (Å²) in [6.45, 7) is 3.41. The number of amides is 1. The average Bonchev–Trinajstić information content (AvgIpc) is 2.76. The molecule has 0 saturated heterocycles. The lowest BCUT2D eigenvalue weighted by molar-refractivity contribution is -0.116. The Morgan fingerprint density at radius 3 is 2.09 bits per heavy atom. The van der Waals surface area contributed by atoms with Gasteiger partial charge in [-0.15, -0.1) is 0 Å². The van der Waals surface area contributed by atoms with Crippen molar-refractivity contribution in [2.75, 3.05) is 33.6 Å². The fourth-order valence-electron chi connectivity index (χ4n) is 3.11. The number of carbonyl (C=O) groups is 1. The predicted molar refractivity (Wildman–Crippen MR) is 129 cm³/mol. The van der Waals surface area contributed by atoms with Crippen molar-refractivity contribution in [2.45, 2.75) is 42.5 Å². The lowest BCUT2D eigenvalue weighted by atomic mass is 10.1. The van der Waals surface area contributed by atoms with Crippen molar-refractivity contribution in [3.8, 4) is 11.5 Å². The third-order valence-corrected chi connectivity index (χ3v) is 8.27. The number of anilines is 1. The second-order valence-electron chi connectivity index (χ2n) is 7.95. The molecule has 10 nitrogen and oxygen atoms in total. The number of carbonyl (C=O) groups excluding carboxylic acids is 1. The second kappa shape index (κ2) is 11.2. The highest BCUT2D eigenvalue weighted by molar-refractivity contribution is 7.89. The van der Waals surface area contributed by atoms with E-state index in [1.165, 1.54) is 58.6 Å². The molecule has 2 aromatic carbocycles. The van der Waals surface area contributed by atoms with Crippen LogP contribution in [-0.4, -0.2) is 61.4 Å². The topological polar surface area (TPSA) is 131 Å². The van der Waals surface area contributed by atoms with Gasteiger partial charge in [0.25, 0.3) is 0 Å². The third-order valence-electron chi connectivity index (χ3n) is 4.80. The molecular formula is C22H31N3O7S2. The molecule has 0 bridgehead atoms. The number of nitrogens with one attached hydrogen (secondary N) is 2. The molecule has 1 amide bonds. The standard InChI is InChI=1S/C22H31N3O7S2/c1-15(2)24-33(27,28)17-8-11-21(32-6)19(14-17)23-22(26)12-7-16-13-18(9-10-20(16)31-5)34(29,30)25(3)4/h8-11,13-15,24H,7,12H2,1-6H3,(H,23,26). The molecule has 0 aliphatic heterocycles. The molecule has 0 unspecified atom stereocenters. The number of ether oxygens (including phenoxy) is 2. The number of methoxy groups -OCH3 is 2. The minimum atomic E-state index is -3.77. The van der Waals surface area contributed by atoms with E-state index in [0.29, 0.717) is 17.1 Å². The van der Waals surface area contributed by atoms with Gasteiger partial charge < -0.3 is 14.8 Å². The summed E-state index contributed by atoms with van der Waals surface area (Å²) in [5.41, 5.74) is 0.750. The van der Waals surface area contributed by atoms with Crippen LogP contribution in [0.25, 0.3) is 0 Å². The number of aryl methyl sites for hydroxylation is 1. The molecule has 0 aromatic heterocycles. The largest absolute Gasteiger partial charge is 0.496 e. The first-order valence-electron chi connectivity index (χ1n) is 10.4. The fraction of sp³-hybridized carbons (Fsp3) is 0.409. The second-order valence-corrected chi connectivity index (χ2v) is 11.8. The highest BCUT2D eigenvalue weighted by Crippen LogP contribution is 2.29. The molecule has 0 atom stereocenters. The zero-order valence-corrected chi connectivity index (χ0v) is 21.7. The summed E-state index contributed by atoms with van der Waals surface area (Å²) in [5.74, 6) is 0.344. The lowest BCUT2D eigenvalue weighted by Gasteiger charge is -2.15. The van der Waals surface area contributed by atoms with Crippen molar-refractivity contribution in [1.82, 2.24) is 9.03 Å². The van der Waals surface area contributed by atoms with Gasteiger partial charge in [0.05, 0.1) is 29.7 Å². The van der Waals surface area contributed by atoms with E-state index in [9.17, 15) is 21.6 Å². The van der Waals surface area contributed by atoms with E-state index in [-0.39, 0.29) is 34.4 Å². The van der Waals surface area contributed by atoms with Gasteiger partial charge in [-0.3, -0.25) is 4.79 Å². The zero-order valence-electron chi connectivity index (χ0n) is 20.1. The SMILES string of the molecule is COc1ccc(S(=O)(=O)N(C)C)cc1CCC(=O)Nc1cc(S(=O)(=O)NC(C)C)ccc1OC. The van der Waals surface area contributed by atoms with Crippen LogP contribution >= 0.6 is 0 Å². The van der Waals surface area contributed by atoms with E-state index in [1.54, 1.807) is 19.9 Å². The highest BCUT2D eigenvalue weighted by atomic mass is 32.2. The van der Waals surface area contributed by atoms with Crippen molar-refractivity contribution < 1.29 is 31.1 Å². The van der Waals surface area contributed by atoms with E-state index in [0.717, 1.165) is 4.31 Å². The molecule has 2 N–H and O–H groups in total. The van der Waals surface area contributed by atoms with E-state index in [1.807, 2.05) is 0 Å². The Balaban J connectivity index is 2.25. The van der Waals surface area contributed by atoms with Gasteiger partial charge in [-0.25, -0.2) is 25.9 Å². The van der Waals surface area contributed by atoms with Gasteiger partial charge in [0.15, 0.2) is 0 Å². The van der Waals surface area contributed by atoms with Crippen LogP contribution in [0.15, 0.2) is 46.2 Å². The van der Waals surface area contributed by atoms with Crippen molar-refractivity contribution in [1.29, 1.82) is 0 Å². The number of sulfonamides is 2. The van der Waals surface area contributed by atoms with Crippen molar-refractivity contribution >= 4 is 31.6 Å². The first-order valence-corrected chi connectivity index (χ1v) is 13.3. The third kappa shape index (κ3) is 6.69. The molecule has 0 spiro atoms. The summed E-state index contributed by atoms with van der Waals surface area (Å²) in [6.07, 6.45) is 0.188. The number of nitrogens with zero attached hydrogens (tertiary/aromatic N) is 1. The molecule has 2 aromatic rings. The number of rotatable bonds is 11. The summed E-state index contributed by atoms with van der Waals surface area (Å²) in [5, 5.41) is 2.67. The fourth-order valence-corrected chi connectivity index (χ4v) is 5.34. The lowest BCUT2D eigenvalue weighted by Crippen LogP contribution is -2.30. The Hall–Kier alpha value is -2.67. The average molecular weight is 514 g/mol. The first-order chi connectivity index (χ1) is 15.8. The molecule has 0 heterocycles. The van der Waals surface area contributed by atoms with Gasteiger partial charge in [0.1, 0.15) is 11.5 Å². The molecule has 0 aliphatic rings. The van der Waals surface area contributed by atoms with Crippen LogP contribution in [0.2, 0.25) is 0 Å². The monoisotopic (exact) mass is 513 g/mol. The Morgan fingerprint density at radius 2 is 1.53 bits per heavy atom. The van der Waals surface area contributed by atoms with Crippen LogP contribution in [0.5, 0.6) is 11.5 Å². The van der Waals surface area contributed by atoms with Crippen LogP contribution < -0.4 is 19.5 Å². The summed E-state index contributed by atoms with van der Waals surface area (Å²) in [6, 6.07) is 8.35. The molecule has 0 fully saturated rings. The van der Waals surface area contributed by atoms with Gasteiger partial charge in [-0.1, -0.05) is 0 Å². The Kier molecular flexibility index (Phi) is 9.06. The number of hydrogen-bond acceptors (Lipinski definition) is 7. The molecule has 0 saturated carbocycles. The van der Waals surface area contributed by atoms with Gasteiger partial charge in [-0.2, -0.15) is 0 Å². The molecule has 0 aliphatic carbocycles. The summed E-state index contributed by atoms with van der Waals surface area (Å²) in [7, 11) is -1.68. The van der Waals surface area contributed by atoms with E-state index < -0.39 is 26.0 Å². The van der Waals surface area contributed by atoms with Crippen molar-refractivity contribution in [3.05, 3.63) is 42.0 Å². The summed E-state index contributed by atoms with van der Waals surface area (Å²) >= 11 is 0. The number of hydrogen-bond donors (Lipinski definition) is 2. The number of benzene rings is 2.